The van der Waals surface area contributed by atoms with Crippen LogP contribution in [0.3, 0.4) is 0 Å². The number of nitrogens with one attached hydrogen (secondary N) is 2. The van der Waals surface area contributed by atoms with Gasteiger partial charge in [0.25, 0.3) is 5.91 Å². The number of hydroxylamine groups is 1. The lowest BCUT2D eigenvalue weighted by Crippen LogP contribution is -2.60. The van der Waals surface area contributed by atoms with Crippen molar-refractivity contribution < 1.29 is 27.9 Å². The fraction of sp³-hybridized carbons (Fsp3) is 0.316. The molecule has 0 bridgehead atoms. The number of carbonyl (C=O) groups excluding carboxylic acids is 1. The van der Waals surface area contributed by atoms with Crippen LogP contribution in [-0.4, -0.2) is 38.3 Å². The summed E-state index contributed by atoms with van der Waals surface area (Å²) in [5.41, 5.74) is 1.20. The predicted octanol–water partition coefficient (Wildman–Crippen LogP) is 2.12. The minimum atomic E-state index is -4.00. The minimum Gasteiger partial charge on any atom is -0.457 e. The Kier molecular flexibility index (Phi) is 5.99. The van der Waals surface area contributed by atoms with Crippen molar-refractivity contribution in [3.05, 3.63) is 54.1 Å². The standard InChI is InChI=1S/C19H22N2O6S/c1-14-2-4-15(5-3-14)27-16-6-8-17(9-7-16)28(24,25)21-19(18(22)20-23)10-12-26-13-11-19/h2-9,21,23H,10-13H2,1H3,(H,20,22). The summed E-state index contributed by atoms with van der Waals surface area (Å²) in [5.74, 6) is 0.315. The molecule has 1 fully saturated rings. The molecule has 28 heavy (non-hydrogen) atoms. The fourth-order valence-electron chi connectivity index (χ4n) is 2.95. The van der Waals surface area contributed by atoms with Crippen molar-refractivity contribution >= 4 is 15.9 Å². The van der Waals surface area contributed by atoms with Gasteiger partial charge in [0.05, 0.1) is 4.90 Å². The molecule has 1 aliphatic heterocycles. The largest absolute Gasteiger partial charge is 0.457 e. The van der Waals surface area contributed by atoms with E-state index in [0.717, 1.165) is 5.56 Å². The van der Waals surface area contributed by atoms with Crippen LogP contribution in [0.2, 0.25) is 0 Å². The Morgan fingerprint density at radius 2 is 1.57 bits per heavy atom. The van der Waals surface area contributed by atoms with E-state index in [9.17, 15) is 13.2 Å². The number of rotatable bonds is 6. The van der Waals surface area contributed by atoms with Gasteiger partial charge in [0, 0.05) is 13.2 Å². The highest BCUT2D eigenvalue weighted by Gasteiger charge is 2.43. The Morgan fingerprint density at radius 1 is 1.04 bits per heavy atom. The second-order valence-electron chi connectivity index (χ2n) is 6.63. The molecule has 1 aliphatic rings. The topological polar surface area (TPSA) is 114 Å². The first-order valence-electron chi connectivity index (χ1n) is 8.75. The van der Waals surface area contributed by atoms with Gasteiger partial charge in [0.1, 0.15) is 17.0 Å². The van der Waals surface area contributed by atoms with Crippen LogP contribution in [0.5, 0.6) is 11.5 Å². The average molecular weight is 406 g/mol. The van der Waals surface area contributed by atoms with Gasteiger partial charge in [-0.3, -0.25) is 10.0 Å². The summed E-state index contributed by atoms with van der Waals surface area (Å²) in [4.78, 5) is 12.1. The molecule has 0 aromatic heterocycles. The summed E-state index contributed by atoms with van der Waals surface area (Å²) in [6, 6.07) is 13.4. The van der Waals surface area contributed by atoms with Gasteiger partial charge in [0.15, 0.2) is 0 Å². The van der Waals surface area contributed by atoms with E-state index in [4.69, 9.17) is 14.7 Å². The Bertz CT molecular complexity index is 920. The number of sulfonamides is 1. The van der Waals surface area contributed by atoms with Gasteiger partial charge in [-0.1, -0.05) is 17.7 Å². The van der Waals surface area contributed by atoms with E-state index in [1.165, 1.54) is 24.3 Å². The zero-order valence-electron chi connectivity index (χ0n) is 15.3. The Labute approximate surface area is 163 Å². The summed E-state index contributed by atoms with van der Waals surface area (Å²) >= 11 is 0. The SMILES string of the molecule is Cc1ccc(Oc2ccc(S(=O)(=O)NC3(C(=O)NO)CCOCC3)cc2)cc1. The van der Waals surface area contributed by atoms with Crippen molar-refractivity contribution in [2.75, 3.05) is 13.2 Å². The highest BCUT2D eigenvalue weighted by atomic mass is 32.2. The van der Waals surface area contributed by atoms with E-state index >= 15 is 0 Å². The number of hydrogen-bond donors (Lipinski definition) is 3. The molecule has 0 spiro atoms. The Morgan fingerprint density at radius 3 is 2.11 bits per heavy atom. The molecule has 9 heteroatoms. The van der Waals surface area contributed by atoms with Crippen LogP contribution in [0.25, 0.3) is 0 Å². The summed E-state index contributed by atoms with van der Waals surface area (Å²) in [7, 11) is -4.00. The third-order valence-corrected chi connectivity index (χ3v) is 6.16. The average Bonchev–Trinajstić information content (AvgIpc) is 2.70. The molecule has 0 saturated carbocycles. The van der Waals surface area contributed by atoms with Crippen molar-refractivity contribution in [1.82, 2.24) is 10.2 Å². The molecule has 3 rings (SSSR count). The van der Waals surface area contributed by atoms with Gasteiger partial charge in [-0.05, 0) is 56.2 Å². The van der Waals surface area contributed by atoms with Crippen molar-refractivity contribution in [1.29, 1.82) is 0 Å². The molecule has 0 atom stereocenters. The normalized spacial score (nSPS) is 16.4. The first-order valence-corrected chi connectivity index (χ1v) is 10.2. The minimum absolute atomic E-state index is 0.0136. The lowest BCUT2D eigenvalue weighted by Gasteiger charge is -2.35. The molecule has 8 nitrogen and oxygen atoms in total. The molecular weight excluding hydrogens is 384 g/mol. The van der Waals surface area contributed by atoms with Crippen LogP contribution in [0.15, 0.2) is 53.4 Å². The van der Waals surface area contributed by atoms with Gasteiger partial charge >= 0.3 is 0 Å². The zero-order chi connectivity index (χ0) is 20.2. The van der Waals surface area contributed by atoms with Crippen LogP contribution < -0.4 is 14.9 Å². The lowest BCUT2D eigenvalue weighted by atomic mass is 9.91. The molecule has 3 N–H and O–H groups in total. The smallest absolute Gasteiger partial charge is 0.264 e. The molecule has 1 heterocycles. The molecule has 150 valence electrons. The number of benzene rings is 2. The maximum Gasteiger partial charge on any atom is 0.264 e. The zero-order valence-corrected chi connectivity index (χ0v) is 16.2. The molecule has 2 aromatic carbocycles. The summed E-state index contributed by atoms with van der Waals surface area (Å²) in [6.07, 6.45) is 0.237. The quantitative estimate of drug-likeness (QED) is 0.500. The highest BCUT2D eigenvalue weighted by Crippen LogP contribution is 2.26. The van der Waals surface area contributed by atoms with E-state index in [-0.39, 0.29) is 31.0 Å². The summed E-state index contributed by atoms with van der Waals surface area (Å²) in [6.45, 7) is 2.39. The molecule has 2 aromatic rings. The van der Waals surface area contributed by atoms with Gasteiger partial charge in [0.2, 0.25) is 10.0 Å². The second-order valence-corrected chi connectivity index (χ2v) is 8.31. The van der Waals surface area contributed by atoms with Gasteiger partial charge in [-0.15, -0.1) is 0 Å². The monoisotopic (exact) mass is 406 g/mol. The van der Waals surface area contributed by atoms with E-state index in [2.05, 4.69) is 4.72 Å². The predicted molar refractivity (Wildman–Crippen MR) is 101 cm³/mol. The van der Waals surface area contributed by atoms with Crippen LogP contribution in [0, 0.1) is 6.92 Å². The summed E-state index contributed by atoms with van der Waals surface area (Å²) in [5, 5.41) is 9.02. The number of aryl methyl sites for hydroxylation is 1. The second kappa shape index (κ2) is 8.27. The van der Waals surface area contributed by atoms with Crippen LogP contribution in [0.1, 0.15) is 18.4 Å². The molecular formula is C19H22N2O6S. The van der Waals surface area contributed by atoms with Crippen molar-refractivity contribution in [2.45, 2.75) is 30.2 Å². The van der Waals surface area contributed by atoms with Gasteiger partial charge < -0.3 is 9.47 Å². The Hall–Kier alpha value is -2.46. The molecule has 0 radical (unpaired) electrons. The van der Waals surface area contributed by atoms with Crippen LogP contribution >= 0.6 is 0 Å². The molecule has 1 amide bonds. The summed E-state index contributed by atoms with van der Waals surface area (Å²) < 4.78 is 38.9. The van der Waals surface area contributed by atoms with E-state index < -0.39 is 21.5 Å². The maximum absolute atomic E-state index is 12.8. The third kappa shape index (κ3) is 4.50. The van der Waals surface area contributed by atoms with Crippen molar-refractivity contribution in [3.8, 4) is 11.5 Å². The van der Waals surface area contributed by atoms with Crippen molar-refractivity contribution in [3.63, 3.8) is 0 Å². The van der Waals surface area contributed by atoms with E-state index in [1.54, 1.807) is 5.48 Å². The van der Waals surface area contributed by atoms with Crippen LogP contribution in [-0.2, 0) is 19.6 Å². The molecule has 0 unspecified atom stereocenters. The van der Waals surface area contributed by atoms with Crippen LogP contribution in [0.4, 0.5) is 0 Å². The highest BCUT2D eigenvalue weighted by molar-refractivity contribution is 7.89. The number of amides is 1. The number of ether oxygens (including phenoxy) is 2. The maximum atomic E-state index is 12.8. The number of hydrogen-bond acceptors (Lipinski definition) is 6. The van der Waals surface area contributed by atoms with Crippen molar-refractivity contribution in [2.24, 2.45) is 0 Å². The first-order chi connectivity index (χ1) is 13.3. The van der Waals surface area contributed by atoms with Gasteiger partial charge in [-0.25, -0.2) is 13.9 Å². The first kappa shape index (κ1) is 20.3. The van der Waals surface area contributed by atoms with E-state index in [1.807, 2.05) is 31.2 Å². The lowest BCUT2D eigenvalue weighted by molar-refractivity contribution is -0.139. The fourth-order valence-corrected chi connectivity index (χ4v) is 4.37. The third-order valence-electron chi connectivity index (χ3n) is 4.60. The molecule has 0 aliphatic carbocycles. The Balaban J connectivity index is 1.77. The number of carbonyl (C=O) groups is 1. The van der Waals surface area contributed by atoms with E-state index in [0.29, 0.717) is 11.5 Å². The molecule has 1 saturated heterocycles. The van der Waals surface area contributed by atoms with Gasteiger partial charge in [-0.2, -0.15) is 4.72 Å².